The second kappa shape index (κ2) is 21.2. The van der Waals surface area contributed by atoms with Gasteiger partial charge in [-0.2, -0.15) is 0 Å². The lowest BCUT2D eigenvalue weighted by Gasteiger charge is -2.43. The summed E-state index contributed by atoms with van der Waals surface area (Å²) < 4.78 is 11.4. The summed E-state index contributed by atoms with van der Waals surface area (Å²) in [6, 6.07) is -0.725. The molecule has 0 aromatic carbocycles. The molecule has 11 atom stereocenters. The SMILES string of the molecule is C=C/C(=C\C=C(/C)[C@H](N)O)OCCCCCOC[C@@H](O)N[C@H]([C@H](O)N1C[C@H](O)C[C@H]1C(O)NC[C@@H]1C=C[C@H]([C@@H]2SC=NC2C)CC1)C(C)(C)C. The van der Waals surface area contributed by atoms with Crippen LogP contribution in [0.5, 0.6) is 0 Å². The highest BCUT2D eigenvalue weighted by atomic mass is 32.2. The maximum atomic E-state index is 11.6. The van der Waals surface area contributed by atoms with Gasteiger partial charge in [-0.3, -0.25) is 20.5 Å². The summed E-state index contributed by atoms with van der Waals surface area (Å²) in [5, 5.41) is 60.6. The number of β-amino-alcohol motifs (C(OH)–C–C–N with tert-alkyl or cyclic N) is 1. The van der Waals surface area contributed by atoms with E-state index in [1.807, 2.05) is 38.1 Å². The fourth-order valence-corrected chi connectivity index (χ4v) is 7.81. The third kappa shape index (κ3) is 13.7. The molecule has 50 heavy (non-hydrogen) atoms. The van der Waals surface area contributed by atoms with Crippen molar-refractivity contribution in [1.82, 2.24) is 15.5 Å². The first-order valence-corrected chi connectivity index (χ1v) is 19.1. The number of nitrogens with one attached hydrogen (secondary N) is 2. The van der Waals surface area contributed by atoms with Gasteiger partial charge in [0.25, 0.3) is 0 Å². The van der Waals surface area contributed by atoms with E-state index in [9.17, 15) is 25.5 Å². The van der Waals surface area contributed by atoms with Gasteiger partial charge in [0.1, 0.15) is 30.7 Å². The van der Waals surface area contributed by atoms with Gasteiger partial charge in [-0.05, 0) is 87.3 Å². The Kier molecular flexibility index (Phi) is 18.1. The molecule has 0 bridgehead atoms. The standard InChI is InChI=1S/C37H65N5O7S/c1-7-29(16-11-24(2)34(38)45)49-18-10-8-9-17-48-22-31(44)41-33(37(4,5)6)36(47)42-21-28(43)19-30(42)35(46)39-20-26-12-14-27(15-13-26)32-25(3)40-23-50-32/h7,11-12,14,16,23,25-28,30-36,39,41,43-47H,1,8-10,13,15,17-22,38H2,2-6H3/b24-11+,29-16+/t25?,26-,27+,28-,30+,31-,32-,33-,34-,35?,36+/m1/s1. The van der Waals surface area contributed by atoms with E-state index in [-0.39, 0.29) is 13.2 Å². The van der Waals surface area contributed by atoms with Gasteiger partial charge in [0.15, 0.2) is 0 Å². The Labute approximate surface area is 304 Å². The molecule has 2 aliphatic heterocycles. The van der Waals surface area contributed by atoms with E-state index < -0.39 is 48.5 Å². The van der Waals surface area contributed by atoms with Crippen LogP contribution in [0, 0.1) is 17.3 Å². The second-order valence-electron chi connectivity index (χ2n) is 15.0. The predicted molar refractivity (Wildman–Crippen MR) is 201 cm³/mol. The van der Waals surface area contributed by atoms with E-state index in [0.29, 0.717) is 60.6 Å². The normalized spacial score (nSPS) is 29.6. The second-order valence-corrected chi connectivity index (χ2v) is 16.1. The van der Waals surface area contributed by atoms with Crippen molar-refractivity contribution in [3.05, 3.63) is 48.3 Å². The first-order valence-electron chi connectivity index (χ1n) is 18.2. The van der Waals surface area contributed by atoms with E-state index >= 15 is 0 Å². The fourth-order valence-electron chi connectivity index (χ4n) is 6.68. The molecule has 13 heteroatoms. The molecule has 2 heterocycles. The molecule has 3 rings (SSSR count). The Hall–Kier alpha value is -1.62. The lowest BCUT2D eigenvalue weighted by molar-refractivity contribution is -0.103. The molecule has 0 radical (unpaired) electrons. The zero-order valence-corrected chi connectivity index (χ0v) is 31.5. The molecule has 1 saturated heterocycles. The van der Waals surface area contributed by atoms with Crippen molar-refractivity contribution in [3.63, 3.8) is 0 Å². The number of allylic oxidation sites excluding steroid dienone is 4. The number of aliphatic hydroxyl groups excluding tert-OH is 5. The molecular weight excluding hydrogens is 659 g/mol. The van der Waals surface area contributed by atoms with Crippen molar-refractivity contribution >= 4 is 17.3 Å². The van der Waals surface area contributed by atoms with Crippen molar-refractivity contribution in [3.8, 4) is 0 Å². The van der Waals surface area contributed by atoms with Crippen LogP contribution in [0.1, 0.15) is 73.1 Å². The van der Waals surface area contributed by atoms with Gasteiger partial charge in [-0.15, -0.1) is 11.8 Å². The molecule has 2 unspecified atom stereocenters. The first-order chi connectivity index (χ1) is 23.7. The number of aliphatic hydroxyl groups is 5. The molecule has 3 aliphatic rings. The van der Waals surface area contributed by atoms with Gasteiger partial charge in [0, 0.05) is 24.9 Å². The van der Waals surface area contributed by atoms with Gasteiger partial charge in [-0.25, -0.2) is 0 Å². The van der Waals surface area contributed by atoms with Crippen LogP contribution in [0.15, 0.2) is 53.3 Å². The Bertz CT molecular complexity index is 1150. The molecule has 0 saturated carbocycles. The quantitative estimate of drug-likeness (QED) is 0.0285. The van der Waals surface area contributed by atoms with Crippen LogP contribution in [-0.2, 0) is 9.47 Å². The van der Waals surface area contributed by atoms with Crippen molar-refractivity contribution in [2.24, 2.45) is 28.0 Å². The minimum Gasteiger partial charge on any atom is -0.494 e. The fraction of sp³-hybridized carbons (Fsp3) is 0.757. The summed E-state index contributed by atoms with van der Waals surface area (Å²) in [5.74, 6) is 1.41. The van der Waals surface area contributed by atoms with Crippen LogP contribution >= 0.6 is 11.8 Å². The lowest BCUT2D eigenvalue weighted by Crippen LogP contribution is -2.62. The number of hydrogen-bond donors (Lipinski definition) is 8. The molecule has 0 aromatic rings. The van der Waals surface area contributed by atoms with Crippen LogP contribution in [0.2, 0.25) is 0 Å². The zero-order chi connectivity index (χ0) is 36.8. The molecule has 0 aromatic heterocycles. The number of rotatable bonds is 21. The largest absolute Gasteiger partial charge is 0.494 e. The van der Waals surface area contributed by atoms with E-state index in [0.717, 1.165) is 32.1 Å². The van der Waals surface area contributed by atoms with E-state index in [1.54, 1.807) is 30.1 Å². The highest BCUT2D eigenvalue weighted by Crippen LogP contribution is 2.36. The average Bonchev–Trinajstić information content (AvgIpc) is 3.69. The minimum absolute atomic E-state index is 0.0508. The smallest absolute Gasteiger partial charge is 0.128 e. The maximum absolute atomic E-state index is 11.6. The number of aliphatic imine (C=N–C) groups is 1. The number of unbranched alkanes of at least 4 members (excludes halogenated alkanes) is 2. The van der Waals surface area contributed by atoms with Gasteiger partial charge in [-0.1, -0.05) is 45.6 Å². The Morgan fingerprint density at radius 1 is 1.12 bits per heavy atom. The van der Waals surface area contributed by atoms with Crippen LogP contribution in [-0.4, -0.2) is 123 Å². The third-order valence-electron chi connectivity index (χ3n) is 9.83. The van der Waals surface area contributed by atoms with Gasteiger partial charge < -0.3 is 40.7 Å². The molecule has 286 valence electrons. The zero-order valence-electron chi connectivity index (χ0n) is 30.7. The van der Waals surface area contributed by atoms with Crippen molar-refractivity contribution in [2.75, 3.05) is 32.9 Å². The number of nitrogens with zero attached hydrogens (tertiary/aromatic N) is 2. The molecule has 1 fully saturated rings. The molecule has 12 nitrogen and oxygen atoms in total. The Morgan fingerprint density at radius 2 is 1.86 bits per heavy atom. The number of thioether (sulfide) groups is 1. The highest BCUT2D eigenvalue weighted by molar-refractivity contribution is 8.12. The summed E-state index contributed by atoms with van der Waals surface area (Å²) in [5.41, 5.74) is 7.57. The first kappa shape index (κ1) is 42.8. The van der Waals surface area contributed by atoms with Crippen molar-refractivity contribution < 1.29 is 35.0 Å². The lowest BCUT2D eigenvalue weighted by atomic mass is 9.84. The van der Waals surface area contributed by atoms with Crippen LogP contribution < -0.4 is 16.4 Å². The molecule has 9 N–H and O–H groups in total. The molecular formula is C37H65N5O7S. The van der Waals surface area contributed by atoms with Crippen LogP contribution in [0.3, 0.4) is 0 Å². The number of likely N-dealkylation sites (tertiary alicyclic amines) is 1. The van der Waals surface area contributed by atoms with Crippen molar-refractivity contribution in [2.45, 2.75) is 128 Å². The Morgan fingerprint density at radius 3 is 2.48 bits per heavy atom. The van der Waals surface area contributed by atoms with E-state index in [1.165, 1.54) is 0 Å². The number of hydrogen-bond acceptors (Lipinski definition) is 13. The van der Waals surface area contributed by atoms with E-state index in [4.69, 9.17) is 15.2 Å². The maximum Gasteiger partial charge on any atom is 0.128 e. The molecule has 0 amide bonds. The summed E-state index contributed by atoms with van der Waals surface area (Å²) in [4.78, 5) is 6.25. The summed E-state index contributed by atoms with van der Waals surface area (Å²) in [6.07, 6.45) is 9.80. The Balaban J connectivity index is 1.41. The average molecular weight is 724 g/mol. The van der Waals surface area contributed by atoms with Gasteiger partial charge >= 0.3 is 0 Å². The molecule has 0 spiro atoms. The topological polar surface area (TPSA) is 185 Å². The third-order valence-corrected chi connectivity index (χ3v) is 11.1. The number of ether oxygens (including phenoxy) is 2. The predicted octanol–water partition coefficient (Wildman–Crippen LogP) is 2.58. The summed E-state index contributed by atoms with van der Waals surface area (Å²) in [7, 11) is 0. The number of nitrogens with two attached hydrogens (primary N) is 1. The van der Waals surface area contributed by atoms with Gasteiger partial charge in [0.2, 0.25) is 0 Å². The van der Waals surface area contributed by atoms with Crippen molar-refractivity contribution in [1.29, 1.82) is 0 Å². The van der Waals surface area contributed by atoms with Gasteiger partial charge in [0.05, 0.1) is 43.0 Å². The van der Waals surface area contributed by atoms with Crippen LogP contribution in [0.25, 0.3) is 0 Å². The monoisotopic (exact) mass is 723 g/mol. The summed E-state index contributed by atoms with van der Waals surface area (Å²) >= 11 is 1.82. The van der Waals surface area contributed by atoms with E-state index in [2.05, 4.69) is 41.3 Å². The van der Waals surface area contributed by atoms with Crippen LogP contribution in [0.4, 0.5) is 0 Å². The summed E-state index contributed by atoms with van der Waals surface area (Å²) in [6.45, 7) is 15.4. The molecule has 1 aliphatic carbocycles. The highest BCUT2D eigenvalue weighted by Gasteiger charge is 2.44. The minimum atomic E-state index is -1.07.